The smallest absolute Gasteiger partial charge is 0.178 e. The van der Waals surface area contributed by atoms with Crippen molar-refractivity contribution in [2.75, 3.05) is 0 Å². The van der Waals surface area contributed by atoms with Gasteiger partial charge in [0.25, 0.3) is 0 Å². The third kappa shape index (κ3) is 2.26. The van der Waals surface area contributed by atoms with Crippen molar-refractivity contribution in [3.63, 3.8) is 0 Å². The summed E-state index contributed by atoms with van der Waals surface area (Å²) in [4.78, 5) is 3.01. The number of halogens is 2. The first-order valence-electron chi connectivity index (χ1n) is 5.57. The molecule has 19 heavy (non-hydrogen) atoms. The highest BCUT2D eigenvalue weighted by Crippen LogP contribution is 2.22. The van der Waals surface area contributed by atoms with E-state index in [9.17, 15) is 4.39 Å². The molecule has 0 amide bonds. The number of hydrogen-bond acceptors (Lipinski definition) is 3. The molecule has 0 aliphatic carbocycles. The number of rotatable bonds is 3. The lowest BCUT2D eigenvalue weighted by Crippen LogP contribution is -2.08. The summed E-state index contributed by atoms with van der Waals surface area (Å²) in [5.41, 5.74) is 1.40. The minimum atomic E-state index is -0.460. The zero-order chi connectivity index (χ0) is 13.4. The molecule has 2 heterocycles. The molecule has 5 nitrogen and oxygen atoms in total. The molecular formula is C11H9ClFN5S. The molecule has 98 valence electrons. The molecule has 0 aliphatic heterocycles. The maximum Gasteiger partial charge on any atom is 0.178 e. The highest BCUT2D eigenvalue weighted by atomic mass is 35.5. The highest BCUT2D eigenvalue weighted by Gasteiger charge is 2.09. The zero-order valence-electron chi connectivity index (χ0n) is 9.68. The summed E-state index contributed by atoms with van der Waals surface area (Å²) in [5, 5.41) is 7.67. The van der Waals surface area contributed by atoms with Crippen molar-refractivity contribution in [3.8, 4) is 0 Å². The number of nitrogens with one attached hydrogen (secondary N) is 1. The van der Waals surface area contributed by atoms with Crippen LogP contribution in [-0.2, 0) is 13.1 Å². The molecule has 1 N–H and O–H groups in total. The van der Waals surface area contributed by atoms with Crippen LogP contribution in [0.4, 0.5) is 4.39 Å². The Bertz CT molecular complexity index is 776. The Morgan fingerprint density at radius 3 is 2.95 bits per heavy atom. The molecule has 8 heteroatoms. The Hall–Kier alpha value is -1.73. The fourth-order valence-corrected chi connectivity index (χ4v) is 2.39. The summed E-state index contributed by atoms with van der Waals surface area (Å²) in [7, 11) is 0. The number of imidazole rings is 1. The predicted octanol–water partition coefficient (Wildman–Crippen LogP) is 2.78. The number of aromatic amines is 1. The summed E-state index contributed by atoms with van der Waals surface area (Å²) >= 11 is 11.0. The van der Waals surface area contributed by atoms with E-state index in [0.29, 0.717) is 23.4 Å². The predicted molar refractivity (Wildman–Crippen MR) is 72.1 cm³/mol. The lowest BCUT2D eigenvalue weighted by molar-refractivity contribution is 0.522. The monoisotopic (exact) mass is 297 g/mol. The molecule has 3 rings (SSSR count). The second-order valence-electron chi connectivity index (χ2n) is 4.03. The van der Waals surface area contributed by atoms with E-state index < -0.39 is 5.82 Å². The van der Waals surface area contributed by atoms with E-state index in [4.69, 9.17) is 23.8 Å². The Labute approximate surface area is 117 Å². The summed E-state index contributed by atoms with van der Waals surface area (Å²) < 4.78 is 17.6. The third-order valence-corrected chi connectivity index (χ3v) is 3.45. The van der Waals surface area contributed by atoms with Gasteiger partial charge in [-0.2, -0.15) is 0 Å². The summed E-state index contributed by atoms with van der Waals surface area (Å²) in [6.45, 7) is 1.18. The second-order valence-corrected chi connectivity index (χ2v) is 4.83. The van der Waals surface area contributed by atoms with E-state index in [1.54, 1.807) is 17.1 Å². The Kier molecular flexibility index (Phi) is 3.08. The van der Waals surface area contributed by atoms with Gasteiger partial charge in [0.1, 0.15) is 5.82 Å². The van der Waals surface area contributed by atoms with Gasteiger partial charge in [-0.3, -0.25) is 4.68 Å². The lowest BCUT2D eigenvalue weighted by Gasteiger charge is -2.04. The van der Waals surface area contributed by atoms with Crippen molar-refractivity contribution in [2.45, 2.75) is 13.1 Å². The van der Waals surface area contributed by atoms with Gasteiger partial charge in [0.2, 0.25) is 0 Å². The fraction of sp³-hybridized carbons (Fsp3) is 0.182. The van der Waals surface area contributed by atoms with E-state index in [1.165, 1.54) is 12.1 Å². The minimum Gasteiger partial charge on any atom is -0.331 e. The number of fused-ring (bicyclic) bond motifs is 1. The number of H-pyrrole nitrogens is 1. The van der Waals surface area contributed by atoms with E-state index >= 15 is 0 Å². The van der Waals surface area contributed by atoms with Crippen LogP contribution >= 0.6 is 23.8 Å². The van der Waals surface area contributed by atoms with Gasteiger partial charge in [-0.25, -0.2) is 4.39 Å². The van der Waals surface area contributed by atoms with Crippen molar-refractivity contribution in [1.82, 2.24) is 24.5 Å². The maximum absolute atomic E-state index is 13.5. The average molecular weight is 298 g/mol. The molecule has 0 bridgehead atoms. The first-order valence-corrected chi connectivity index (χ1v) is 6.35. The van der Waals surface area contributed by atoms with E-state index in [2.05, 4.69) is 15.3 Å². The van der Waals surface area contributed by atoms with Gasteiger partial charge in [-0.1, -0.05) is 16.8 Å². The van der Waals surface area contributed by atoms with Gasteiger partial charge in [-0.15, -0.1) is 5.10 Å². The van der Waals surface area contributed by atoms with Crippen LogP contribution in [0.15, 0.2) is 24.5 Å². The Balaban J connectivity index is 2.00. The van der Waals surface area contributed by atoms with Gasteiger partial charge in [0.05, 0.1) is 28.8 Å². The van der Waals surface area contributed by atoms with Crippen molar-refractivity contribution < 1.29 is 4.39 Å². The molecule has 0 saturated carbocycles. The fourth-order valence-electron chi connectivity index (χ4n) is 1.93. The number of nitrogens with zero attached hydrogens (tertiary/aromatic N) is 4. The molecule has 0 unspecified atom stereocenters. The summed E-state index contributed by atoms with van der Waals surface area (Å²) in [6.07, 6.45) is 3.36. The van der Waals surface area contributed by atoms with Crippen molar-refractivity contribution >= 4 is 34.9 Å². The zero-order valence-corrected chi connectivity index (χ0v) is 11.2. The first kappa shape index (κ1) is 12.3. The Morgan fingerprint density at radius 1 is 1.37 bits per heavy atom. The largest absolute Gasteiger partial charge is 0.331 e. The first-order chi connectivity index (χ1) is 9.15. The second kappa shape index (κ2) is 4.75. The molecule has 0 aliphatic rings. The van der Waals surface area contributed by atoms with Crippen LogP contribution in [0.25, 0.3) is 11.0 Å². The van der Waals surface area contributed by atoms with Crippen molar-refractivity contribution in [1.29, 1.82) is 0 Å². The van der Waals surface area contributed by atoms with E-state index in [1.807, 2.05) is 4.57 Å². The minimum absolute atomic E-state index is 0.0761. The SMILES string of the molecule is Fc1cc2c(cc1Cl)[nH]c(=S)n2CCn1ccnn1. The van der Waals surface area contributed by atoms with Crippen molar-refractivity contribution in [3.05, 3.63) is 40.1 Å². The van der Waals surface area contributed by atoms with E-state index in [-0.39, 0.29) is 5.02 Å². The van der Waals surface area contributed by atoms with Crippen LogP contribution in [0.5, 0.6) is 0 Å². The summed E-state index contributed by atoms with van der Waals surface area (Å²) in [5.74, 6) is -0.460. The average Bonchev–Trinajstić information content (AvgIpc) is 2.96. The van der Waals surface area contributed by atoms with E-state index in [0.717, 1.165) is 5.52 Å². The van der Waals surface area contributed by atoms with Crippen LogP contribution in [0.3, 0.4) is 0 Å². The number of aromatic nitrogens is 5. The third-order valence-electron chi connectivity index (χ3n) is 2.84. The Morgan fingerprint density at radius 2 is 2.21 bits per heavy atom. The van der Waals surface area contributed by atoms with Gasteiger partial charge in [0.15, 0.2) is 4.77 Å². The molecule has 0 spiro atoms. The van der Waals surface area contributed by atoms with Crippen LogP contribution in [0, 0.1) is 10.6 Å². The summed E-state index contributed by atoms with van der Waals surface area (Å²) in [6, 6.07) is 2.92. The number of benzene rings is 1. The topological polar surface area (TPSA) is 51.4 Å². The molecule has 0 saturated heterocycles. The number of aryl methyl sites for hydroxylation is 2. The molecule has 0 atom stereocenters. The number of hydrogen-bond donors (Lipinski definition) is 1. The van der Waals surface area contributed by atoms with Gasteiger partial charge >= 0.3 is 0 Å². The van der Waals surface area contributed by atoms with Crippen molar-refractivity contribution in [2.24, 2.45) is 0 Å². The molecule has 0 radical (unpaired) electrons. The van der Waals surface area contributed by atoms with Crippen LogP contribution in [0.1, 0.15) is 0 Å². The molecular weight excluding hydrogens is 289 g/mol. The van der Waals surface area contributed by atoms with Gasteiger partial charge < -0.3 is 9.55 Å². The normalized spacial score (nSPS) is 11.3. The molecule has 2 aromatic heterocycles. The van der Waals surface area contributed by atoms with Gasteiger partial charge in [-0.05, 0) is 18.3 Å². The molecule has 1 aromatic carbocycles. The molecule has 0 fully saturated rings. The van der Waals surface area contributed by atoms with Crippen LogP contribution in [-0.4, -0.2) is 24.5 Å². The van der Waals surface area contributed by atoms with Crippen LogP contribution < -0.4 is 0 Å². The standard InChI is InChI=1S/C11H9ClFN5S/c12-7-5-9-10(6-8(7)13)18(11(19)15-9)4-3-17-2-1-14-16-17/h1-2,5-6H,3-4H2,(H,15,19). The van der Waals surface area contributed by atoms with Crippen LogP contribution in [0.2, 0.25) is 5.02 Å². The quantitative estimate of drug-likeness (QED) is 0.756. The lowest BCUT2D eigenvalue weighted by atomic mass is 10.3. The molecule has 3 aromatic rings. The van der Waals surface area contributed by atoms with Gasteiger partial charge in [0, 0.05) is 18.8 Å². The maximum atomic E-state index is 13.5. The highest BCUT2D eigenvalue weighted by molar-refractivity contribution is 7.71.